The molecule has 0 aromatic carbocycles. The Morgan fingerprint density at radius 3 is 2.06 bits per heavy atom. The standard InChI is InChI=1S/C16H30O2/c1-3-4-5-6-7-8-9-10-11-12-13-14-15-18-16(2)17/h11-12H,3-10,13-15H2,1-2H3/b12-11+. The lowest BCUT2D eigenvalue weighted by Crippen LogP contribution is -1.99. The molecule has 0 aliphatic rings. The second kappa shape index (κ2) is 14.3. The van der Waals surface area contributed by atoms with Crippen LogP contribution in [0.15, 0.2) is 12.2 Å². The van der Waals surface area contributed by atoms with Gasteiger partial charge in [0.15, 0.2) is 0 Å². The van der Waals surface area contributed by atoms with Crippen LogP contribution in [0.2, 0.25) is 0 Å². The fourth-order valence-corrected chi connectivity index (χ4v) is 1.87. The molecule has 0 saturated carbocycles. The molecule has 0 aromatic heterocycles. The van der Waals surface area contributed by atoms with E-state index in [1.165, 1.54) is 58.3 Å². The summed E-state index contributed by atoms with van der Waals surface area (Å²) in [6.45, 7) is 4.26. The molecule has 106 valence electrons. The van der Waals surface area contributed by atoms with Gasteiger partial charge in [0.2, 0.25) is 0 Å². The summed E-state index contributed by atoms with van der Waals surface area (Å²) >= 11 is 0. The first kappa shape index (κ1) is 17.2. The number of esters is 1. The summed E-state index contributed by atoms with van der Waals surface area (Å²) in [4.78, 5) is 10.5. The van der Waals surface area contributed by atoms with Crippen LogP contribution < -0.4 is 0 Å². The van der Waals surface area contributed by atoms with Crippen LogP contribution in [0.3, 0.4) is 0 Å². The van der Waals surface area contributed by atoms with Crippen molar-refractivity contribution in [2.45, 2.75) is 78.1 Å². The van der Waals surface area contributed by atoms with E-state index >= 15 is 0 Å². The van der Waals surface area contributed by atoms with Crippen molar-refractivity contribution in [3.8, 4) is 0 Å². The SMILES string of the molecule is CCCCCCCCC/C=C/CCCOC(C)=O. The highest BCUT2D eigenvalue weighted by molar-refractivity contribution is 5.65. The molecule has 0 saturated heterocycles. The topological polar surface area (TPSA) is 26.3 Å². The third-order valence-corrected chi connectivity index (χ3v) is 2.96. The molecular formula is C16H30O2. The molecule has 0 radical (unpaired) electrons. The van der Waals surface area contributed by atoms with Crippen molar-refractivity contribution in [1.29, 1.82) is 0 Å². The van der Waals surface area contributed by atoms with Gasteiger partial charge in [-0.05, 0) is 25.7 Å². The van der Waals surface area contributed by atoms with Gasteiger partial charge in [-0.1, -0.05) is 57.6 Å². The van der Waals surface area contributed by atoms with Gasteiger partial charge in [0.1, 0.15) is 0 Å². The van der Waals surface area contributed by atoms with E-state index in [2.05, 4.69) is 19.1 Å². The average Bonchev–Trinajstić information content (AvgIpc) is 2.34. The first-order valence-electron chi connectivity index (χ1n) is 7.55. The minimum atomic E-state index is -0.179. The van der Waals surface area contributed by atoms with Crippen molar-refractivity contribution in [3.05, 3.63) is 12.2 Å². The lowest BCUT2D eigenvalue weighted by atomic mass is 10.1. The molecule has 0 aliphatic carbocycles. The van der Waals surface area contributed by atoms with Gasteiger partial charge in [-0.2, -0.15) is 0 Å². The fraction of sp³-hybridized carbons (Fsp3) is 0.812. The number of ether oxygens (including phenoxy) is 1. The summed E-state index contributed by atoms with van der Waals surface area (Å²) in [7, 11) is 0. The predicted octanol–water partition coefficient (Wildman–Crippen LogP) is 5.03. The highest BCUT2D eigenvalue weighted by Gasteiger charge is 1.91. The smallest absolute Gasteiger partial charge is 0.302 e. The first-order chi connectivity index (χ1) is 8.77. The van der Waals surface area contributed by atoms with Gasteiger partial charge in [-0.15, -0.1) is 0 Å². The zero-order chi connectivity index (χ0) is 13.5. The van der Waals surface area contributed by atoms with Crippen LogP contribution in [0.5, 0.6) is 0 Å². The zero-order valence-electron chi connectivity index (χ0n) is 12.2. The molecule has 0 heterocycles. The molecule has 0 fully saturated rings. The van der Waals surface area contributed by atoms with Crippen molar-refractivity contribution in [2.75, 3.05) is 6.61 Å². The Hall–Kier alpha value is -0.790. The maximum Gasteiger partial charge on any atom is 0.302 e. The van der Waals surface area contributed by atoms with E-state index in [0.29, 0.717) is 6.61 Å². The molecule has 0 spiro atoms. The summed E-state index contributed by atoms with van der Waals surface area (Å²) in [5.41, 5.74) is 0. The van der Waals surface area contributed by atoms with Crippen LogP contribution in [0.1, 0.15) is 78.1 Å². The molecule has 0 amide bonds. The second-order valence-corrected chi connectivity index (χ2v) is 4.86. The van der Waals surface area contributed by atoms with Crippen molar-refractivity contribution >= 4 is 5.97 Å². The Morgan fingerprint density at radius 1 is 0.889 bits per heavy atom. The number of hydrogen-bond donors (Lipinski definition) is 0. The van der Waals surface area contributed by atoms with E-state index < -0.39 is 0 Å². The van der Waals surface area contributed by atoms with E-state index in [-0.39, 0.29) is 5.97 Å². The fourth-order valence-electron chi connectivity index (χ4n) is 1.87. The lowest BCUT2D eigenvalue weighted by Gasteiger charge is -1.99. The molecule has 18 heavy (non-hydrogen) atoms. The third-order valence-electron chi connectivity index (χ3n) is 2.96. The Kier molecular flexibility index (Phi) is 13.6. The number of carbonyl (C=O) groups is 1. The lowest BCUT2D eigenvalue weighted by molar-refractivity contribution is -0.141. The van der Waals surface area contributed by atoms with Crippen LogP contribution in [0, 0.1) is 0 Å². The Morgan fingerprint density at radius 2 is 1.44 bits per heavy atom. The minimum Gasteiger partial charge on any atom is -0.466 e. The average molecular weight is 254 g/mol. The molecule has 0 aliphatic heterocycles. The summed E-state index contributed by atoms with van der Waals surface area (Å²) < 4.78 is 4.86. The van der Waals surface area contributed by atoms with Gasteiger partial charge < -0.3 is 4.74 Å². The normalized spacial score (nSPS) is 11.0. The van der Waals surface area contributed by atoms with Crippen LogP contribution in [0.25, 0.3) is 0 Å². The summed E-state index contributed by atoms with van der Waals surface area (Å²) in [5, 5.41) is 0. The Labute approximate surface area is 113 Å². The van der Waals surface area contributed by atoms with Crippen molar-refractivity contribution < 1.29 is 9.53 Å². The van der Waals surface area contributed by atoms with Crippen LogP contribution in [-0.4, -0.2) is 12.6 Å². The van der Waals surface area contributed by atoms with Crippen molar-refractivity contribution in [1.82, 2.24) is 0 Å². The van der Waals surface area contributed by atoms with E-state index in [1.807, 2.05) is 0 Å². The molecule has 0 rings (SSSR count). The predicted molar refractivity (Wildman–Crippen MR) is 77.6 cm³/mol. The van der Waals surface area contributed by atoms with Gasteiger partial charge in [0.05, 0.1) is 6.61 Å². The largest absolute Gasteiger partial charge is 0.466 e. The van der Waals surface area contributed by atoms with Gasteiger partial charge >= 0.3 is 5.97 Å². The molecule has 2 nitrogen and oxygen atoms in total. The summed E-state index contributed by atoms with van der Waals surface area (Å²) in [6, 6.07) is 0. The number of carbonyl (C=O) groups excluding carboxylic acids is 1. The highest BCUT2D eigenvalue weighted by atomic mass is 16.5. The monoisotopic (exact) mass is 254 g/mol. The molecule has 0 atom stereocenters. The van der Waals surface area contributed by atoms with Crippen molar-refractivity contribution in [2.24, 2.45) is 0 Å². The summed E-state index contributed by atoms with van der Waals surface area (Å²) in [5.74, 6) is -0.179. The number of hydrogen-bond acceptors (Lipinski definition) is 2. The maximum absolute atomic E-state index is 10.5. The minimum absolute atomic E-state index is 0.179. The van der Waals surface area contributed by atoms with Crippen LogP contribution >= 0.6 is 0 Å². The number of rotatable bonds is 12. The van der Waals surface area contributed by atoms with Crippen molar-refractivity contribution in [3.63, 3.8) is 0 Å². The third kappa shape index (κ3) is 15.2. The molecular weight excluding hydrogens is 224 g/mol. The van der Waals surface area contributed by atoms with Crippen LogP contribution in [-0.2, 0) is 9.53 Å². The van der Waals surface area contributed by atoms with Gasteiger partial charge in [-0.3, -0.25) is 4.79 Å². The van der Waals surface area contributed by atoms with E-state index in [1.54, 1.807) is 0 Å². The molecule has 0 bridgehead atoms. The van der Waals surface area contributed by atoms with Crippen LogP contribution in [0.4, 0.5) is 0 Å². The highest BCUT2D eigenvalue weighted by Crippen LogP contribution is 2.08. The Bertz CT molecular complexity index is 209. The summed E-state index contributed by atoms with van der Waals surface area (Å²) in [6.07, 6.45) is 17.2. The molecule has 0 unspecified atom stereocenters. The second-order valence-electron chi connectivity index (χ2n) is 4.86. The molecule has 0 aromatic rings. The van der Waals surface area contributed by atoms with E-state index in [4.69, 9.17) is 4.74 Å². The number of unbranched alkanes of at least 4 members (excludes halogenated alkanes) is 8. The van der Waals surface area contributed by atoms with E-state index in [0.717, 1.165) is 12.8 Å². The zero-order valence-corrected chi connectivity index (χ0v) is 12.2. The first-order valence-corrected chi connectivity index (χ1v) is 7.55. The Balaban J connectivity index is 3.06. The van der Waals surface area contributed by atoms with E-state index in [9.17, 15) is 4.79 Å². The number of allylic oxidation sites excluding steroid dienone is 2. The molecule has 0 N–H and O–H groups in total. The molecule has 2 heteroatoms. The van der Waals surface area contributed by atoms with Gasteiger partial charge in [0, 0.05) is 6.92 Å². The quantitative estimate of drug-likeness (QED) is 0.277. The van der Waals surface area contributed by atoms with Gasteiger partial charge in [0.25, 0.3) is 0 Å². The maximum atomic E-state index is 10.5. The van der Waals surface area contributed by atoms with Gasteiger partial charge in [-0.25, -0.2) is 0 Å².